The zero-order valence-corrected chi connectivity index (χ0v) is 14.5. The number of aryl methyl sites for hydroxylation is 1. The zero-order chi connectivity index (χ0) is 17.5. The maximum Gasteiger partial charge on any atom is 0.223 e. The lowest BCUT2D eigenvalue weighted by Crippen LogP contribution is -2.32. The van der Waals surface area contributed by atoms with Crippen molar-refractivity contribution in [2.75, 3.05) is 20.3 Å². The maximum atomic E-state index is 12.6. The summed E-state index contributed by atoms with van der Waals surface area (Å²) in [4.78, 5) is 12.6. The zero-order valence-electron chi connectivity index (χ0n) is 14.5. The Morgan fingerprint density at radius 2 is 2.32 bits per heavy atom. The van der Waals surface area contributed by atoms with Crippen molar-refractivity contribution in [1.82, 2.24) is 20.1 Å². The second-order valence-electron chi connectivity index (χ2n) is 6.15. The Kier molecular flexibility index (Phi) is 6.00. The molecule has 1 aromatic heterocycles. The molecule has 0 saturated heterocycles. The molecule has 1 amide bonds. The number of ether oxygens (including phenoxy) is 2. The van der Waals surface area contributed by atoms with Crippen molar-refractivity contribution in [1.29, 1.82) is 0 Å². The van der Waals surface area contributed by atoms with Crippen LogP contribution in [-0.4, -0.2) is 41.0 Å². The number of methoxy groups -OCH3 is 1. The Labute approximate surface area is 147 Å². The summed E-state index contributed by atoms with van der Waals surface area (Å²) in [5, 5.41) is 11.0. The second-order valence-corrected chi connectivity index (χ2v) is 6.15. The molecule has 0 bridgehead atoms. The molecule has 7 nitrogen and oxygen atoms in total. The lowest BCUT2D eigenvalue weighted by atomic mass is 9.96. The molecule has 0 saturated carbocycles. The highest BCUT2D eigenvalue weighted by molar-refractivity contribution is 5.79. The lowest BCUT2D eigenvalue weighted by Gasteiger charge is -2.14. The third-order valence-corrected chi connectivity index (χ3v) is 4.40. The summed E-state index contributed by atoms with van der Waals surface area (Å²) in [7, 11) is 1.68. The van der Waals surface area contributed by atoms with E-state index >= 15 is 0 Å². The largest absolute Gasteiger partial charge is 0.493 e. The summed E-state index contributed by atoms with van der Waals surface area (Å²) in [6, 6.07) is 7.91. The van der Waals surface area contributed by atoms with Gasteiger partial charge in [-0.2, -0.15) is 0 Å². The highest BCUT2D eigenvalue weighted by atomic mass is 16.5. The molecule has 0 spiro atoms. The van der Waals surface area contributed by atoms with Crippen LogP contribution in [0.5, 0.6) is 5.75 Å². The molecular weight excluding hydrogens is 320 g/mol. The van der Waals surface area contributed by atoms with Gasteiger partial charge in [-0.3, -0.25) is 4.79 Å². The summed E-state index contributed by atoms with van der Waals surface area (Å²) in [5.74, 6) is 1.59. The number of rotatable bonds is 7. The first-order valence-electron chi connectivity index (χ1n) is 8.62. The van der Waals surface area contributed by atoms with Crippen LogP contribution in [0.4, 0.5) is 0 Å². The van der Waals surface area contributed by atoms with E-state index in [1.807, 2.05) is 28.8 Å². The molecule has 2 heterocycles. The Balaban J connectivity index is 1.55. The molecule has 134 valence electrons. The van der Waals surface area contributed by atoms with E-state index in [1.165, 1.54) is 0 Å². The molecule has 1 aliphatic rings. The van der Waals surface area contributed by atoms with Crippen molar-refractivity contribution >= 4 is 5.91 Å². The van der Waals surface area contributed by atoms with Crippen LogP contribution in [0.25, 0.3) is 0 Å². The Morgan fingerprint density at radius 3 is 3.20 bits per heavy atom. The molecule has 1 N–H and O–H groups in total. The van der Waals surface area contributed by atoms with Crippen molar-refractivity contribution in [3.05, 3.63) is 42.0 Å². The number of benzene rings is 1. The van der Waals surface area contributed by atoms with E-state index in [-0.39, 0.29) is 11.8 Å². The number of aromatic nitrogens is 3. The summed E-state index contributed by atoms with van der Waals surface area (Å²) in [6.45, 7) is 2.40. The van der Waals surface area contributed by atoms with Crippen LogP contribution in [0.15, 0.2) is 30.6 Å². The van der Waals surface area contributed by atoms with Gasteiger partial charge in [0.25, 0.3) is 0 Å². The number of para-hydroxylation sites is 1. The van der Waals surface area contributed by atoms with E-state index in [9.17, 15) is 4.79 Å². The number of carbonyl (C=O) groups is 1. The predicted molar refractivity (Wildman–Crippen MR) is 92.1 cm³/mol. The van der Waals surface area contributed by atoms with Crippen molar-refractivity contribution in [2.24, 2.45) is 5.92 Å². The van der Waals surface area contributed by atoms with Crippen molar-refractivity contribution in [3.8, 4) is 5.75 Å². The monoisotopic (exact) mass is 344 g/mol. The molecule has 1 aliphatic heterocycles. The minimum atomic E-state index is -0.0893. The molecule has 1 aromatic carbocycles. The second kappa shape index (κ2) is 8.62. The molecule has 0 aliphatic carbocycles. The summed E-state index contributed by atoms with van der Waals surface area (Å²) in [5.41, 5.74) is 1.09. The third kappa shape index (κ3) is 4.57. The quantitative estimate of drug-likeness (QED) is 0.772. The van der Waals surface area contributed by atoms with Crippen LogP contribution in [0.1, 0.15) is 24.2 Å². The van der Waals surface area contributed by atoms with Gasteiger partial charge in [0.2, 0.25) is 5.91 Å². The Morgan fingerprint density at radius 1 is 1.44 bits per heavy atom. The molecule has 0 unspecified atom stereocenters. The lowest BCUT2D eigenvalue weighted by molar-refractivity contribution is -0.125. The first-order chi connectivity index (χ1) is 12.3. The summed E-state index contributed by atoms with van der Waals surface area (Å²) in [6.07, 6.45) is 3.97. The van der Waals surface area contributed by atoms with Crippen molar-refractivity contribution in [2.45, 2.75) is 32.4 Å². The Hall–Kier alpha value is -2.41. The van der Waals surface area contributed by atoms with Gasteiger partial charge in [0.1, 0.15) is 12.1 Å². The fourth-order valence-corrected chi connectivity index (χ4v) is 3.01. The number of nitrogens with zero attached hydrogens (tertiary/aromatic N) is 3. The van der Waals surface area contributed by atoms with Crippen LogP contribution < -0.4 is 10.1 Å². The average Bonchev–Trinajstić information content (AvgIpc) is 2.96. The van der Waals surface area contributed by atoms with Gasteiger partial charge in [-0.05, 0) is 30.9 Å². The number of carbonyl (C=O) groups excluding carboxylic acids is 1. The standard InChI is InChI=1S/C18H24N4O3/c1-24-9-4-8-22-13-20-21-17(22)12-19-18(23)15-7-10-25-16-6-3-2-5-14(16)11-15/h2-3,5-6,13,15H,4,7-12H2,1H3,(H,19,23)/t15-/m0/s1. The van der Waals surface area contributed by atoms with E-state index in [4.69, 9.17) is 9.47 Å². The Bertz CT molecular complexity index is 701. The van der Waals surface area contributed by atoms with Crippen LogP contribution in [-0.2, 0) is 29.0 Å². The minimum Gasteiger partial charge on any atom is -0.493 e. The van der Waals surface area contributed by atoms with E-state index in [0.717, 1.165) is 30.1 Å². The topological polar surface area (TPSA) is 78.3 Å². The van der Waals surface area contributed by atoms with E-state index in [2.05, 4.69) is 15.5 Å². The number of fused-ring (bicyclic) bond motifs is 1. The van der Waals surface area contributed by atoms with E-state index in [1.54, 1.807) is 13.4 Å². The predicted octanol–water partition coefficient (Wildman–Crippen LogP) is 1.57. The molecular formula is C18H24N4O3. The van der Waals surface area contributed by atoms with Crippen molar-refractivity contribution < 1.29 is 14.3 Å². The number of hydrogen-bond donors (Lipinski definition) is 1. The van der Waals surface area contributed by atoms with Gasteiger partial charge < -0.3 is 19.4 Å². The highest BCUT2D eigenvalue weighted by Crippen LogP contribution is 2.26. The molecule has 2 aromatic rings. The minimum absolute atomic E-state index is 0.0340. The van der Waals surface area contributed by atoms with Crippen LogP contribution >= 0.6 is 0 Å². The molecule has 3 rings (SSSR count). The van der Waals surface area contributed by atoms with Gasteiger partial charge in [-0.15, -0.1) is 10.2 Å². The van der Waals surface area contributed by atoms with Gasteiger partial charge in [0, 0.05) is 26.2 Å². The number of hydrogen-bond acceptors (Lipinski definition) is 5. The molecule has 0 fully saturated rings. The third-order valence-electron chi connectivity index (χ3n) is 4.40. The molecule has 1 atom stereocenters. The maximum absolute atomic E-state index is 12.6. The summed E-state index contributed by atoms with van der Waals surface area (Å²) >= 11 is 0. The van der Waals surface area contributed by atoms with Gasteiger partial charge in [0.15, 0.2) is 5.82 Å². The van der Waals surface area contributed by atoms with Crippen LogP contribution in [0.2, 0.25) is 0 Å². The smallest absolute Gasteiger partial charge is 0.223 e. The number of nitrogens with one attached hydrogen (secondary N) is 1. The van der Waals surface area contributed by atoms with Gasteiger partial charge >= 0.3 is 0 Å². The highest BCUT2D eigenvalue weighted by Gasteiger charge is 2.23. The fourth-order valence-electron chi connectivity index (χ4n) is 3.01. The number of amides is 1. The first kappa shape index (κ1) is 17.4. The van der Waals surface area contributed by atoms with Gasteiger partial charge in [-0.1, -0.05) is 18.2 Å². The van der Waals surface area contributed by atoms with Crippen LogP contribution in [0, 0.1) is 5.92 Å². The van der Waals surface area contributed by atoms with E-state index < -0.39 is 0 Å². The molecule has 25 heavy (non-hydrogen) atoms. The molecule has 0 radical (unpaired) electrons. The van der Waals surface area contributed by atoms with Gasteiger partial charge in [0.05, 0.1) is 13.2 Å². The van der Waals surface area contributed by atoms with E-state index in [0.29, 0.717) is 32.6 Å². The normalized spacial score (nSPS) is 16.6. The average molecular weight is 344 g/mol. The van der Waals surface area contributed by atoms with Gasteiger partial charge in [-0.25, -0.2) is 0 Å². The molecule has 7 heteroatoms. The van der Waals surface area contributed by atoms with Crippen molar-refractivity contribution in [3.63, 3.8) is 0 Å². The first-order valence-corrected chi connectivity index (χ1v) is 8.62. The summed E-state index contributed by atoms with van der Waals surface area (Å²) < 4.78 is 12.7. The van der Waals surface area contributed by atoms with Crippen LogP contribution in [0.3, 0.4) is 0 Å². The SMILES string of the molecule is COCCCn1cnnc1CNC(=O)[C@H]1CCOc2ccccc2C1. The fraction of sp³-hybridized carbons (Fsp3) is 0.500.